The molecule has 1 atom stereocenters. The SMILES string of the molecule is Cc1cccc([C@@H](NC(=O)CCCC(=O)O)C2CC2)n1. The standard InChI is InChI=1S/C15H20N2O3/c1-10-4-2-5-12(16-10)15(11-8-9-11)17-13(18)6-3-7-14(19)20/h2,4-5,11,15H,3,6-9H2,1H3,(H,17,18)(H,19,20)/t15-/m0/s1. The number of carbonyl (C=O) groups excluding carboxylic acids is 1. The molecule has 1 saturated carbocycles. The lowest BCUT2D eigenvalue weighted by Gasteiger charge is -2.18. The molecule has 0 spiro atoms. The van der Waals surface area contributed by atoms with Gasteiger partial charge in [-0.15, -0.1) is 0 Å². The molecule has 2 rings (SSSR count). The van der Waals surface area contributed by atoms with Crippen molar-refractivity contribution < 1.29 is 14.7 Å². The van der Waals surface area contributed by atoms with Gasteiger partial charge in [0.05, 0.1) is 11.7 Å². The van der Waals surface area contributed by atoms with Crippen LogP contribution in [0.4, 0.5) is 0 Å². The van der Waals surface area contributed by atoms with Crippen LogP contribution in [0.2, 0.25) is 0 Å². The molecular weight excluding hydrogens is 256 g/mol. The third-order valence-corrected chi connectivity index (χ3v) is 3.43. The number of aryl methyl sites for hydroxylation is 1. The topological polar surface area (TPSA) is 79.3 Å². The molecule has 108 valence electrons. The molecule has 0 saturated heterocycles. The lowest BCUT2D eigenvalue weighted by molar-refractivity contribution is -0.137. The van der Waals surface area contributed by atoms with E-state index in [1.807, 2.05) is 25.1 Å². The molecule has 1 aliphatic carbocycles. The molecule has 0 unspecified atom stereocenters. The van der Waals surface area contributed by atoms with E-state index in [2.05, 4.69) is 10.3 Å². The second kappa shape index (κ2) is 6.50. The van der Waals surface area contributed by atoms with Crippen LogP contribution in [0.5, 0.6) is 0 Å². The quantitative estimate of drug-likeness (QED) is 0.800. The summed E-state index contributed by atoms with van der Waals surface area (Å²) in [5.74, 6) is -0.490. The molecule has 5 nitrogen and oxygen atoms in total. The van der Waals surface area contributed by atoms with Crippen LogP contribution in [0.3, 0.4) is 0 Å². The minimum atomic E-state index is -0.864. The van der Waals surface area contributed by atoms with E-state index in [0.717, 1.165) is 24.2 Å². The van der Waals surface area contributed by atoms with Gasteiger partial charge in [-0.2, -0.15) is 0 Å². The summed E-state index contributed by atoms with van der Waals surface area (Å²) in [7, 11) is 0. The van der Waals surface area contributed by atoms with Crippen molar-refractivity contribution >= 4 is 11.9 Å². The lowest BCUT2D eigenvalue weighted by Crippen LogP contribution is -2.30. The van der Waals surface area contributed by atoms with Gasteiger partial charge in [0.15, 0.2) is 0 Å². The van der Waals surface area contributed by atoms with Crippen LogP contribution in [0, 0.1) is 12.8 Å². The van der Waals surface area contributed by atoms with Crippen molar-refractivity contribution in [3.05, 3.63) is 29.6 Å². The van der Waals surface area contributed by atoms with Crippen LogP contribution in [0.1, 0.15) is 49.5 Å². The van der Waals surface area contributed by atoms with Gasteiger partial charge in [0.2, 0.25) is 5.91 Å². The summed E-state index contributed by atoms with van der Waals surface area (Å²) in [6.45, 7) is 1.93. The highest BCUT2D eigenvalue weighted by Gasteiger charge is 2.34. The summed E-state index contributed by atoms with van der Waals surface area (Å²) in [5, 5.41) is 11.6. The Hall–Kier alpha value is -1.91. The van der Waals surface area contributed by atoms with Crippen molar-refractivity contribution in [2.75, 3.05) is 0 Å². The number of carbonyl (C=O) groups is 2. The second-order valence-corrected chi connectivity index (χ2v) is 5.33. The van der Waals surface area contributed by atoms with Crippen LogP contribution in [0.25, 0.3) is 0 Å². The molecular formula is C15H20N2O3. The first-order chi connectivity index (χ1) is 9.56. The summed E-state index contributed by atoms with van der Waals surface area (Å²) >= 11 is 0. The zero-order chi connectivity index (χ0) is 14.5. The van der Waals surface area contributed by atoms with E-state index in [0.29, 0.717) is 12.3 Å². The number of hydrogen-bond donors (Lipinski definition) is 2. The smallest absolute Gasteiger partial charge is 0.303 e. The maximum Gasteiger partial charge on any atom is 0.303 e. The molecule has 0 radical (unpaired) electrons. The minimum absolute atomic E-state index is 0.0320. The summed E-state index contributed by atoms with van der Waals surface area (Å²) in [5.41, 5.74) is 1.84. The van der Waals surface area contributed by atoms with Crippen LogP contribution >= 0.6 is 0 Å². The number of aromatic nitrogens is 1. The zero-order valence-electron chi connectivity index (χ0n) is 11.6. The average Bonchev–Trinajstić information content (AvgIpc) is 3.19. The Morgan fingerprint density at radius 1 is 1.40 bits per heavy atom. The van der Waals surface area contributed by atoms with Crippen molar-refractivity contribution in [3.8, 4) is 0 Å². The molecule has 1 heterocycles. The second-order valence-electron chi connectivity index (χ2n) is 5.33. The monoisotopic (exact) mass is 276 g/mol. The van der Waals surface area contributed by atoms with E-state index in [9.17, 15) is 9.59 Å². The number of amides is 1. The average molecular weight is 276 g/mol. The first-order valence-corrected chi connectivity index (χ1v) is 7.01. The van der Waals surface area contributed by atoms with E-state index in [4.69, 9.17) is 5.11 Å². The maximum atomic E-state index is 11.9. The lowest BCUT2D eigenvalue weighted by atomic mass is 10.1. The number of nitrogens with zero attached hydrogens (tertiary/aromatic N) is 1. The van der Waals surface area contributed by atoms with Crippen LogP contribution < -0.4 is 5.32 Å². The first kappa shape index (κ1) is 14.5. The van der Waals surface area contributed by atoms with Gasteiger partial charge >= 0.3 is 5.97 Å². The highest BCUT2D eigenvalue weighted by atomic mass is 16.4. The van der Waals surface area contributed by atoms with E-state index in [1.54, 1.807) is 0 Å². The van der Waals surface area contributed by atoms with Gasteiger partial charge in [-0.1, -0.05) is 6.07 Å². The molecule has 0 aromatic carbocycles. The van der Waals surface area contributed by atoms with Gasteiger partial charge < -0.3 is 10.4 Å². The van der Waals surface area contributed by atoms with Crippen molar-refractivity contribution in [1.29, 1.82) is 0 Å². The number of hydrogen-bond acceptors (Lipinski definition) is 3. The summed E-state index contributed by atoms with van der Waals surface area (Å²) in [4.78, 5) is 26.8. The molecule has 5 heteroatoms. The van der Waals surface area contributed by atoms with E-state index in [1.165, 1.54) is 0 Å². The highest BCUT2D eigenvalue weighted by molar-refractivity contribution is 5.77. The molecule has 0 bridgehead atoms. The summed E-state index contributed by atoms with van der Waals surface area (Å²) in [6, 6.07) is 5.78. The number of carboxylic acid groups (broad SMARTS) is 1. The minimum Gasteiger partial charge on any atom is -0.481 e. The van der Waals surface area contributed by atoms with Crippen molar-refractivity contribution in [3.63, 3.8) is 0 Å². The Balaban J connectivity index is 1.93. The van der Waals surface area contributed by atoms with Crippen molar-refractivity contribution in [1.82, 2.24) is 10.3 Å². The molecule has 1 aliphatic rings. The summed E-state index contributed by atoms with van der Waals surface area (Å²) in [6.07, 6.45) is 2.87. The van der Waals surface area contributed by atoms with Gasteiger partial charge in [-0.05, 0) is 44.2 Å². The normalized spacial score (nSPS) is 15.7. The van der Waals surface area contributed by atoms with Crippen LogP contribution in [-0.2, 0) is 9.59 Å². The molecule has 1 fully saturated rings. The van der Waals surface area contributed by atoms with Crippen LogP contribution in [-0.4, -0.2) is 22.0 Å². The molecule has 2 N–H and O–H groups in total. The third-order valence-electron chi connectivity index (χ3n) is 3.43. The largest absolute Gasteiger partial charge is 0.481 e. The van der Waals surface area contributed by atoms with E-state index in [-0.39, 0.29) is 24.8 Å². The molecule has 1 aromatic rings. The van der Waals surface area contributed by atoms with Gasteiger partial charge in [-0.3, -0.25) is 14.6 Å². The molecule has 20 heavy (non-hydrogen) atoms. The fourth-order valence-electron chi connectivity index (χ4n) is 2.25. The number of nitrogens with one attached hydrogen (secondary N) is 1. The molecule has 1 amide bonds. The third kappa shape index (κ3) is 4.33. The van der Waals surface area contributed by atoms with Gasteiger partial charge in [-0.25, -0.2) is 0 Å². The van der Waals surface area contributed by atoms with Gasteiger partial charge in [0.25, 0.3) is 0 Å². The molecule has 0 aliphatic heterocycles. The highest BCUT2D eigenvalue weighted by Crippen LogP contribution is 2.40. The zero-order valence-corrected chi connectivity index (χ0v) is 11.6. The Labute approximate surface area is 118 Å². The number of aliphatic carboxylic acids is 1. The van der Waals surface area contributed by atoms with Crippen molar-refractivity contribution in [2.24, 2.45) is 5.92 Å². The summed E-state index contributed by atoms with van der Waals surface area (Å²) < 4.78 is 0. The molecule has 1 aromatic heterocycles. The number of carboxylic acids is 1. The Kier molecular flexibility index (Phi) is 4.71. The Morgan fingerprint density at radius 3 is 2.75 bits per heavy atom. The van der Waals surface area contributed by atoms with E-state index >= 15 is 0 Å². The van der Waals surface area contributed by atoms with Crippen molar-refractivity contribution in [2.45, 2.75) is 45.1 Å². The number of rotatable bonds is 7. The predicted octanol–water partition coefficient (Wildman–Crippen LogP) is 2.21. The fourth-order valence-corrected chi connectivity index (χ4v) is 2.25. The Morgan fingerprint density at radius 2 is 2.15 bits per heavy atom. The Bertz CT molecular complexity index is 498. The first-order valence-electron chi connectivity index (χ1n) is 7.01. The van der Waals surface area contributed by atoms with Gasteiger partial charge in [0, 0.05) is 18.5 Å². The van der Waals surface area contributed by atoms with E-state index < -0.39 is 5.97 Å². The fraction of sp³-hybridized carbons (Fsp3) is 0.533. The number of pyridine rings is 1. The van der Waals surface area contributed by atoms with Gasteiger partial charge in [0.1, 0.15) is 0 Å². The predicted molar refractivity (Wildman–Crippen MR) is 74.1 cm³/mol. The van der Waals surface area contributed by atoms with Crippen LogP contribution in [0.15, 0.2) is 18.2 Å². The maximum absolute atomic E-state index is 11.9.